The fraction of sp³-hybridized carbons (Fsp3) is 0.0357. The van der Waals surface area contributed by atoms with Gasteiger partial charge in [-0.05, 0) is 66.2 Å². The quantitative estimate of drug-likeness (QED) is 0.277. The summed E-state index contributed by atoms with van der Waals surface area (Å²) in [5, 5.41) is 9.20. The number of nitrogens with one attached hydrogen (secondary N) is 3. The zero-order chi connectivity index (χ0) is 24.9. The summed E-state index contributed by atoms with van der Waals surface area (Å²) in [6.07, 6.45) is 1.59. The number of anilines is 3. The molecule has 2 aromatic heterocycles. The van der Waals surface area contributed by atoms with Gasteiger partial charge in [-0.25, -0.2) is 0 Å². The molecule has 0 unspecified atom stereocenters. The lowest BCUT2D eigenvalue weighted by Gasteiger charge is -2.08. The first-order chi connectivity index (χ1) is 17.5. The lowest BCUT2D eigenvalue weighted by atomic mass is 10.1. The molecule has 36 heavy (non-hydrogen) atoms. The van der Waals surface area contributed by atoms with Crippen LogP contribution in [0.25, 0.3) is 11.0 Å². The average molecular weight is 479 g/mol. The van der Waals surface area contributed by atoms with Crippen LogP contribution < -0.4 is 16.0 Å². The minimum Gasteiger partial charge on any atom is -0.459 e. The van der Waals surface area contributed by atoms with Crippen molar-refractivity contribution in [2.75, 3.05) is 16.0 Å². The van der Waals surface area contributed by atoms with E-state index in [1.165, 1.54) is 6.26 Å². The Morgan fingerprint density at radius 2 is 1.25 bits per heavy atom. The third-order valence-corrected chi connectivity index (χ3v) is 5.40. The molecule has 3 N–H and O–H groups in total. The van der Waals surface area contributed by atoms with E-state index in [2.05, 4.69) is 16.0 Å². The van der Waals surface area contributed by atoms with Crippen molar-refractivity contribution in [3.8, 4) is 0 Å². The van der Waals surface area contributed by atoms with Crippen LogP contribution in [-0.4, -0.2) is 17.7 Å². The molecule has 0 saturated heterocycles. The Hall–Kier alpha value is -5.11. The fourth-order valence-corrected chi connectivity index (χ4v) is 3.62. The largest absolute Gasteiger partial charge is 0.459 e. The summed E-state index contributed by atoms with van der Waals surface area (Å²) in [5.41, 5.74) is 3.21. The predicted octanol–water partition coefficient (Wildman–Crippen LogP) is 5.71. The Bertz CT molecular complexity index is 1490. The van der Waals surface area contributed by atoms with Crippen molar-refractivity contribution in [3.05, 3.63) is 114 Å². The Kier molecular flexibility index (Phi) is 6.31. The fourth-order valence-electron chi connectivity index (χ4n) is 3.62. The van der Waals surface area contributed by atoms with Crippen LogP contribution in [0.3, 0.4) is 0 Å². The van der Waals surface area contributed by atoms with E-state index in [4.69, 9.17) is 8.83 Å². The van der Waals surface area contributed by atoms with Crippen LogP contribution >= 0.6 is 0 Å². The summed E-state index contributed by atoms with van der Waals surface area (Å²) in [6, 6.07) is 26.1. The summed E-state index contributed by atoms with van der Waals surface area (Å²) in [6.45, 7) is 0. The van der Waals surface area contributed by atoms with Crippen molar-refractivity contribution in [2.45, 2.75) is 6.42 Å². The first-order valence-corrected chi connectivity index (χ1v) is 11.2. The first kappa shape index (κ1) is 22.7. The zero-order valence-electron chi connectivity index (χ0n) is 19.0. The standard InChI is InChI=1S/C28H21N3O5/c32-26(29-20-11-13-22(14-12-20)30-27(33)24-6-3-15-35-24)16-18-7-9-21(10-8-18)31-28(34)25-17-19-4-1-2-5-23(19)36-25/h1-15,17H,16H2,(H,29,32)(H,30,33)(H,31,34). The van der Waals surface area contributed by atoms with Gasteiger partial charge in [-0.3, -0.25) is 14.4 Å². The second-order valence-electron chi connectivity index (χ2n) is 8.03. The summed E-state index contributed by atoms with van der Waals surface area (Å²) in [5.74, 6) is -0.449. The maximum Gasteiger partial charge on any atom is 0.291 e. The number of hydrogen-bond donors (Lipinski definition) is 3. The molecule has 0 radical (unpaired) electrons. The predicted molar refractivity (Wildman–Crippen MR) is 136 cm³/mol. The van der Waals surface area contributed by atoms with E-state index >= 15 is 0 Å². The number of benzene rings is 3. The van der Waals surface area contributed by atoms with E-state index in [0.717, 1.165) is 10.9 Å². The highest BCUT2D eigenvalue weighted by molar-refractivity contribution is 6.04. The van der Waals surface area contributed by atoms with Gasteiger partial charge in [0, 0.05) is 22.4 Å². The Morgan fingerprint density at radius 1 is 0.639 bits per heavy atom. The monoisotopic (exact) mass is 479 g/mol. The van der Waals surface area contributed by atoms with Gasteiger partial charge in [-0.2, -0.15) is 0 Å². The second-order valence-corrected chi connectivity index (χ2v) is 8.03. The van der Waals surface area contributed by atoms with Crippen LogP contribution in [0.15, 0.2) is 106 Å². The molecule has 0 aliphatic rings. The summed E-state index contributed by atoms with van der Waals surface area (Å²) < 4.78 is 10.7. The van der Waals surface area contributed by atoms with Crippen LogP contribution in [0.4, 0.5) is 17.1 Å². The van der Waals surface area contributed by atoms with Gasteiger partial charge in [0.1, 0.15) is 5.58 Å². The van der Waals surface area contributed by atoms with Gasteiger partial charge >= 0.3 is 0 Å². The Morgan fingerprint density at radius 3 is 1.89 bits per heavy atom. The molecule has 0 spiro atoms. The molecule has 3 amide bonds. The molecule has 0 fully saturated rings. The number of para-hydroxylation sites is 1. The number of hydrogen-bond acceptors (Lipinski definition) is 5. The lowest BCUT2D eigenvalue weighted by Crippen LogP contribution is -2.15. The van der Waals surface area contributed by atoms with Crippen molar-refractivity contribution in [1.82, 2.24) is 0 Å². The molecule has 2 heterocycles. The topological polar surface area (TPSA) is 114 Å². The second kappa shape index (κ2) is 10.0. The van der Waals surface area contributed by atoms with Gasteiger partial charge in [0.25, 0.3) is 11.8 Å². The molecule has 0 aliphatic carbocycles. The maximum atomic E-state index is 12.5. The smallest absolute Gasteiger partial charge is 0.291 e. The number of amides is 3. The van der Waals surface area contributed by atoms with Gasteiger partial charge in [-0.15, -0.1) is 0 Å². The zero-order valence-corrected chi connectivity index (χ0v) is 19.0. The minimum absolute atomic E-state index is 0.161. The van der Waals surface area contributed by atoms with Gasteiger partial charge in [-0.1, -0.05) is 30.3 Å². The normalized spacial score (nSPS) is 10.7. The summed E-state index contributed by atoms with van der Waals surface area (Å²) in [4.78, 5) is 37.0. The van der Waals surface area contributed by atoms with Gasteiger partial charge in [0.2, 0.25) is 5.91 Å². The molecule has 8 nitrogen and oxygen atoms in total. The molecule has 5 aromatic rings. The van der Waals surface area contributed by atoms with Gasteiger partial charge in [0.05, 0.1) is 12.7 Å². The molecule has 8 heteroatoms. The van der Waals surface area contributed by atoms with Crippen molar-refractivity contribution in [2.24, 2.45) is 0 Å². The third kappa shape index (κ3) is 5.34. The molecule has 5 rings (SSSR count). The molecule has 3 aromatic carbocycles. The van der Waals surface area contributed by atoms with E-state index in [1.807, 2.05) is 18.2 Å². The molecule has 0 atom stereocenters. The summed E-state index contributed by atoms with van der Waals surface area (Å²) >= 11 is 0. The molecule has 0 saturated carbocycles. The van der Waals surface area contributed by atoms with Crippen LogP contribution in [0.5, 0.6) is 0 Å². The average Bonchev–Trinajstić information content (AvgIpc) is 3.57. The number of fused-ring (bicyclic) bond motifs is 1. The van der Waals surface area contributed by atoms with E-state index in [1.54, 1.807) is 72.8 Å². The van der Waals surface area contributed by atoms with Crippen LogP contribution in [0.1, 0.15) is 26.7 Å². The molecular weight excluding hydrogens is 458 g/mol. The Labute approximate surface area is 205 Å². The van der Waals surface area contributed by atoms with Crippen LogP contribution in [-0.2, 0) is 11.2 Å². The van der Waals surface area contributed by atoms with Crippen LogP contribution in [0, 0.1) is 0 Å². The number of rotatable bonds is 7. The Balaban J connectivity index is 1.13. The van der Waals surface area contributed by atoms with E-state index in [0.29, 0.717) is 22.6 Å². The van der Waals surface area contributed by atoms with Crippen LogP contribution in [0.2, 0.25) is 0 Å². The lowest BCUT2D eigenvalue weighted by molar-refractivity contribution is -0.115. The van der Waals surface area contributed by atoms with Gasteiger partial charge in [0.15, 0.2) is 11.5 Å². The molecule has 0 bridgehead atoms. The van der Waals surface area contributed by atoms with Crippen molar-refractivity contribution >= 4 is 45.8 Å². The van der Waals surface area contributed by atoms with Gasteiger partial charge < -0.3 is 24.8 Å². The van der Waals surface area contributed by atoms with E-state index < -0.39 is 0 Å². The maximum absolute atomic E-state index is 12.5. The molecule has 178 valence electrons. The first-order valence-electron chi connectivity index (χ1n) is 11.2. The highest BCUT2D eigenvalue weighted by atomic mass is 16.3. The number of carbonyl (C=O) groups is 3. The SMILES string of the molecule is O=C(Cc1ccc(NC(=O)c2cc3ccccc3o2)cc1)Nc1ccc(NC(=O)c2ccco2)cc1. The van der Waals surface area contributed by atoms with Crippen molar-refractivity contribution < 1.29 is 23.2 Å². The summed E-state index contributed by atoms with van der Waals surface area (Å²) in [7, 11) is 0. The number of furan rings is 2. The highest BCUT2D eigenvalue weighted by Crippen LogP contribution is 2.20. The highest BCUT2D eigenvalue weighted by Gasteiger charge is 2.13. The minimum atomic E-state index is -0.353. The van der Waals surface area contributed by atoms with E-state index in [-0.39, 0.29) is 35.7 Å². The molecule has 0 aliphatic heterocycles. The van der Waals surface area contributed by atoms with Crippen molar-refractivity contribution in [3.63, 3.8) is 0 Å². The number of carbonyl (C=O) groups excluding carboxylic acids is 3. The third-order valence-electron chi connectivity index (χ3n) is 5.40. The molecular formula is C28H21N3O5. The van der Waals surface area contributed by atoms with Crippen molar-refractivity contribution in [1.29, 1.82) is 0 Å². The van der Waals surface area contributed by atoms with E-state index in [9.17, 15) is 14.4 Å².